The van der Waals surface area contributed by atoms with Crippen molar-refractivity contribution in [1.82, 2.24) is 10.6 Å². The molecule has 2 aliphatic heterocycles. The van der Waals surface area contributed by atoms with Gasteiger partial charge in [0.15, 0.2) is 12.6 Å². The molecule has 18 heteroatoms. The average molecular weight is 547 g/mol. The Labute approximate surface area is 206 Å². The highest BCUT2D eigenvalue weighted by molar-refractivity contribution is 7.47. The van der Waals surface area contributed by atoms with Crippen LogP contribution in [0.25, 0.3) is 0 Å². The maximum Gasteiger partial charge on any atom is 0.474 e. The zero-order valence-electron chi connectivity index (χ0n) is 19.6. The van der Waals surface area contributed by atoms with E-state index in [1.54, 1.807) is 0 Å². The molecule has 2 heterocycles. The number of carbonyl (C=O) groups excluding carboxylic acids is 2. The third-order valence-electron chi connectivity index (χ3n) is 5.36. The Bertz CT molecular complexity index is 792. The molecule has 2 aliphatic rings. The Morgan fingerprint density at radius 3 is 1.92 bits per heavy atom. The van der Waals surface area contributed by atoms with Gasteiger partial charge in [-0.25, -0.2) is 4.57 Å². The molecule has 1 unspecified atom stereocenters. The third-order valence-corrected chi connectivity index (χ3v) is 6.31. The van der Waals surface area contributed by atoms with E-state index in [1.807, 2.05) is 0 Å². The number of phosphoric acid groups is 1. The predicted octanol–water partition coefficient (Wildman–Crippen LogP) is -5.01. The molecule has 0 aromatic carbocycles. The zero-order valence-corrected chi connectivity index (χ0v) is 20.5. The summed E-state index contributed by atoms with van der Waals surface area (Å²) in [6.07, 6.45) is -12.7. The lowest BCUT2D eigenvalue weighted by atomic mass is 9.97. The molecule has 17 nitrogen and oxygen atoms in total. The Balaban J connectivity index is 2.10. The number of amides is 2. The van der Waals surface area contributed by atoms with Gasteiger partial charge in [0.1, 0.15) is 48.7 Å². The second-order valence-corrected chi connectivity index (χ2v) is 9.62. The lowest BCUT2D eigenvalue weighted by Gasteiger charge is -2.43. The quantitative estimate of drug-likeness (QED) is 0.110. The van der Waals surface area contributed by atoms with E-state index in [0.29, 0.717) is 0 Å². The average Bonchev–Trinajstić information content (AvgIpc) is 2.80. The SMILES string of the molecule is CC(=O)N[C@@H]1[C@@H](OP(=O)(O)OC[C@H]2O[C@H](OCCN)[C@@H](NC(C)=O)[C@@H](O)[C@@H]2O)O[C@H](CO)[C@@H](O)[C@@H]1O. The second-order valence-electron chi connectivity index (χ2n) is 8.21. The van der Waals surface area contributed by atoms with Gasteiger partial charge in [-0.3, -0.25) is 18.6 Å². The smallest absolute Gasteiger partial charge is 0.394 e. The van der Waals surface area contributed by atoms with Crippen molar-refractivity contribution in [2.75, 3.05) is 26.4 Å². The number of aliphatic hydroxyl groups excluding tert-OH is 5. The van der Waals surface area contributed by atoms with E-state index in [9.17, 15) is 44.6 Å². The molecule has 2 fully saturated rings. The van der Waals surface area contributed by atoms with Crippen molar-refractivity contribution >= 4 is 19.6 Å². The first-order valence-corrected chi connectivity index (χ1v) is 12.5. The van der Waals surface area contributed by atoms with Crippen LogP contribution in [0, 0.1) is 0 Å². The minimum absolute atomic E-state index is 0.0392. The van der Waals surface area contributed by atoms with Gasteiger partial charge in [0.25, 0.3) is 0 Å². The Kier molecular flexibility index (Phi) is 11.6. The number of nitrogens with one attached hydrogen (secondary N) is 2. The van der Waals surface area contributed by atoms with Crippen LogP contribution in [0.1, 0.15) is 13.8 Å². The van der Waals surface area contributed by atoms with Crippen molar-refractivity contribution in [1.29, 1.82) is 0 Å². The van der Waals surface area contributed by atoms with Gasteiger partial charge in [0.05, 0.1) is 19.8 Å². The first kappa shape index (κ1) is 30.9. The Morgan fingerprint density at radius 2 is 1.42 bits per heavy atom. The van der Waals surface area contributed by atoms with Crippen molar-refractivity contribution in [3.8, 4) is 0 Å². The van der Waals surface area contributed by atoms with Crippen molar-refractivity contribution in [3.63, 3.8) is 0 Å². The van der Waals surface area contributed by atoms with E-state index in [4.69, 9.17) is 29.0 Å². The summed E-state index contributed by atoms with van der Waals surface area (Å²) in [5.41, 5.74) is 5.39. The van der Waals surface area contributed by atoms with Crippen molar-refractivity contribution < 1.29 is 67.8 Å². The van der Waals surface area contributed by atoms with E-state index in [2.05, 4.69) is 10.6 Å². The van der Waals surface area contributed by atoms with Crippen LogP contribution in [0.15, 0.2) is 0 Å². The van der Waals surface area contributed by atoms with Crippen molar-refractivity contribution in [2.24, 2.45) is 5.73 Å². The van der Waals surface area contributed by atoms with Gasteiger partial charge in [-0.05, 0) is 0 Å². The monoisotopic (exact) mass is 547 g/mol. The van der Waals surface area contributed by atoms with Crippen LogP contribution in [0.5, 0.6) is 0 Å². The Morgan fingerprint density at radius 1 is 0.917 bits per heavy atom. The summed E-state index contributed by atoms with van der Waals surface area (Å²) in [4.78, 5) is 33.1. The second kappa shape index (κ2) is 13.5. The molecule has 0 aromatic heterocycles. The minimum Gasteiger partial charge on any atom is -0.394 e. The van der Waals surface area contributed by atoms with Gasteiger partial charge < -0.3 is 61.0 Å². The van der Waals surface area contributed by atoms with Crippen LogP contribution in [0.3, 0.4) is 0 Å². The normalized spacial score (nSPS) is 38.7. The van der Waals surface area contributed by atoms with Crippen molar-refractivity contribution in [2.45, 2.75) is 75.1 Å². The maximum atomic E-state index is 12.6. The number of ether oxygens (including phenoxy) is 3. The number of carbonyl (C=O) groups is 2. The van der Waals surface area contributed by atoms with Gasteiger partial charge >= 0.3 is 7.82 Å². The Hall–Kier alpha value is -1.31. The highest BCUT2D eigenvalue weighted by atomic mass is 31.2. The molecule has 210 valence electrons. The molecule has 0 spiro atoms. The minimum atomic E-state index is -5.07. The zero-order chi connectivity index (χ0) is 27.2. The molecule has 10 N–H and O–H groups in total. The summed E-state index contributed by atoms with van der Waals surface area (Å²) < 4.78 is 38.5. The van der Waals surface area contributed by atoms with E-state index in [-0.39, 0.29) is 13.2 Å². The molecule has 36 heavy (non-hydrogen) atoms. The summed E-state index contributed by atoms with van der Waals surface area (Å²) in [7, 11) is -5.07. The highest BCUT2D eigenvalue weighted by Crippen LogP contribution is 2.47. The van der Waals surface area contributed by atoms with E-state index in [1.165, 1.54) is 6.92 Å². The lowest BCUT2D eigenvalue weighted by Crippen LogP contribution is -2.65. The topological polar surface area (TPSA) is 269 Å². The van der Waals surface area contributed by atoms with Crippen LogP contribution >= 0.6 is 7.82 Å². The molecular formula is C18H34N3O14P. The fraction of sp³-hybridized carbons (Fsp3) is 0.889. The molecule has 0 bridgehead atoms. The van der Waals surface area contributed by atoms with Gasteiger partial charge in [-0.1, -0.05) is 0 Å². The number of hydrogen-bond donors (Lipinski definition) is 9. The molecule has 11 atom stereocenters. The van der Waals surface area contributed by atoms with Crippen molar-refractivity contribution in [3.05, 3.63) is 0 Å². The van der Waals surface area contributed by atoms with Gasteiger partial charge in [-0.15, -0.1) is 0 Å². The van der Waals surface area contributed by atoms with Gasteiger partial charge in [-0.2, -0.15) is 0 Å². The number of phosphoric ester groups is 1. The summed E-state index contributed by atoms with van der Waals surface area (Å²) in [6.45, 7) is 0.662. The summed E-state index contributed by atoms with van der Waals surface area (Å²) in [5, 5.41) is 55.0. The first-order chi connectivity index (χ1) is 16.8. The molecule has 0 radical (unpaired) electrons. The van der Waals surface area contributed by atoms with Crippen LogP contribution < -0.4 is 16.4 Å². The summed E-state index contributed by atoms with van der Waals surface area (Å²) in [6, 6.07) is -2.70. The maximum absolute atomic E-state index is 12.6. The van der Waals surface area contributed by atoms with E-state index >= 15 is 0 Å². The van der Waals surface area contributed by atoms with Crippen LogP contribution in [0.4, 0.5) is 0 Å². The molecule has 0 saturated carbocycles. The predicted molar refractivity (Wildman–Crippen MR) is 116 cm³/mol. The molecule has 2 rings (SSSR count). The molecular weight excluding hydrogens is 513 g/mol. The number of rotatable bonds is 11. The van der Waals surface area contributed by atoms with E-state index < -0.39 is 94.1 Å². The highest BCUT2D eigenvalue weighted by Gasteiger charge is 2.49. The largest absolute Gasteiger partial charge is 0.474 e. The summed E-state index contributed by atoms with van der Waals surface area (Å²) in [5.74, 6) is -1.24. The van der Waals surface area contributed by atoms with Crippen LogP contribution in [0.2, 0.25) is 0 Å². The van der Waals surface area contributed by atoms with Crippen LogP contribution in [-0.4, -0.2) is 130 Å². The van der Waals surface area contributed by atoms with Gasteiger partial charge in [0, 0.05) is 20.4 Å². The third kappa shape index (κ3) is 8.09. The number of aliphatic hydroxyl groups is 5. The molecule has 0 aliphatic carbocycles. The fourth-order valence-corrected chi connectivity index (χ4v) is 4.51. The molecule has 2 saturated heterocycles. The van der Waals surface area contributed by atoms with Gasteiger partial charge in [0.2, 0.25) is 11.8 Å². The fourth-order valence-electron chi connectivity index (χ4n) is 3.67. The standard InChI is InChI=1S/C18H34N3O14P/c1-7(23)20-11-15(27)14(26)10(34-17(11)31-4-3-19)6-32-36(29,30)35-18-12(21-8(2)24)16(28)13(25)9(5-22)33-18/h9-18,22,25-28H,3-6,19H2,1-2H3,(H,20,23)(H,21,24)(H,29,30)/t9-,10-,11+,12+,13-,14-,15-,16-,17+,18-/m1/s1. The lowest BCUT2D eigenvalue weighted by molar-refractivity contribution is -0.270. The first-order valence-electron chi connectivity index (χ1n) is 11.0. The molecule has 2 amide bonds. The van der Waals surface area contributed by atoms with Crippen LogP contribution in [-0.2, 0) is 37.4 Å². The number of hydrogen-bond acceptors (Lipinski definition) is 14. The van der Waals surface area contributed by atoms with E-state index in [0.717, 1.165) is 6.92 Å². The summed E-state index contributed by atoms with van der Waals surface area (Å²) >= 11 is 0. The molecule has 0 aromatic rings. The number of nitrogens with two attached hydrogens (primary N) is 1.